The molecule has 1 N–H and O–H groups in total. The standard InChI is InChI=1S/C22H18ClN3O3S/c1-12-7-18-14(8-16(12)23)20(27)13(11-29-18)9-26-5-4-17-15(10-26)22(28)25-21(24-17)19-3-2-6-30-19/h2-3,6-8,11H,4-5,9-10H2,1H3,(H,24,25,28). The van der Waals surface area contributed by atoms with E-state index in [0.717, 1.165) is 16.1 Å². The van der Waals surface area contributed by atoms with Crippen LogP contribution in [-0.4, -0.2) is 21.4 Å². The minimum absolute atomic E-state index is 0.0935. The maximum absolute atomic E-state index is 12.9. The van der Waals surface area contributed by atoms with Crippen LogP contribution < -0.4 is 11.0 Å². The van der Waals surface area contributed by atoms with Gasteiger partial charge in [0, 0.05) is 36.6 Å². The van der Waals surface area contributed by atoms with Crippen molar-refractivity contribution in [2.45, 2.75) is 26.4 Å². The topological polar surface area (TPSA) is 79.2 Å². The lowest BCUT2D eigenvalue weighted by Crippen LogP contribution is -2.36. The highest BCUT2D eigenvalue weighted by Crippen LogP contribution is 2.24. The fourth-order valence-electron chi connectivity index (χ4n) is 3.79. The maximum atomic E-state index is 12.9. The smallest absolute Gasteiger partial charge is 0.255 e. The molecule has 5 rings (SSSR count). The summed E-state index contributed by atoms with van der Waals surface area (Å²) in [5.74, 6) is 0.615. The van der Waals surface area contributed by atoms with Gasteiger partial charge in [-0.1, -0.05) is 17.7 Å². The molecule has 1 aliphatic heterocycles. The zero-order valence-electron chi connectivity index (χ0n) is 16.2. The van der Waals surface area contributed by atoms with Crippen molar-refractivity contribution in [3.8, 4) is 10.7 Å². The van der Waals surface area contributed by atoms with Crippen LogP contribution in [0, 0.1) is 6.92 Å². The van der Waals surface area contributed by atoms with Crippen LogP contribution in [0.5, 0.6) is 0 Å². The van der Waals surface area contributed by atoms with Gasteiger partial charge in [0.2, 0.25) is 0 Å². The Kier molecular flexibility index (Phi) is 4.81. The van der Waals surface area contributed by atoms with Crippen LogP contribution in [0.4, 0.5) is 0 Å². The molecule has 3 aromatic heterocycles. The summed E-state index contributed by atoms with van der Waals surface area (Å²) in [6, 6.07) is 7.31. The molecule has 0 atom stereocenters. The third-order valence-electron chi connectivity index (χ3n) is 5.42. The molecule has 6 nitrogen and oxygen atoms in total. The quantitative estimate of drug-likeness (QED) is 0.519. The summed E-state index contributed by atoms with van der Waals surface area (Å²) in [5, 5.41) is 2.97. The molecule has 0 aliphatic carbocycles. The minimum Gasteiger partial charge on any atom is -0.464 e. The van der Waals surface area contributed by atoms with Crippen LogP contribution in [-0.2, 0) is 19.5 Å². The molecule has 0 spiro atoms. The summed E-state index contributed by atoms with van der Waals surface area (Å²) in [7, 11) is 0. The molecular weight excluding hydrogens is 422 g/mol. The van der Waals surface area contributed by atoms with Crippen molar-refractivity contribution in [2.24, 2.45) is 0 Å². The minimum atomic E-state index is -0.124. The highest BCUT2D eigenvalue weighted by atomic mass is 35.5. The summed E-state index contributed by atoms with van der Waals surface area (Å²) < 4.78 is 5.69. The van der Waals surface area contributed by atoms with Crippen molar-refractivity contribution < 1.29 is 4.42 Å². The Hall–Kier alpha value is -2.74. The Bertz CT molecular complexity index is 1380. The van der Waals surface area contributed by atoms with Crippen LogP contribution in [0.1, 0.15) is 22.4 Å². The van der Waals surface area contributed by atoms with Gasteiger partial charge in [-0.15, -0.1) is 11.3 Å². The third-order valence-corrected chi connectivity index (χ3v) is 6.71. The van der Waals surface area contributed by atoms with Crippen molar-refractivity contribution in [1.82, 2.24) is 14.9 Å². The molecule has 30 heavy (non-hydrogen) atoms. The van der Waals surface area contributed by atoms with E-state index < -0.39 is 0 Å². The largest absolute Gasteiger partial charge is 0.464 e. The van der Waals surface area contributed by atoms with E-state index in [-0.39, 0.29) is 11.0 Å². The Morgan fingerprint density at radius 2 is 2.20 bits per heavy atom. The lowest BCUT2D eigenvalue weighted by Gasteiger charge is -2.27. The van der Waals surface area contributed by atoms with E-state index in [2.05, 4.69) is 14.9 Å². The highest BCUT2D eigenvalue weighted by Gasteiger charge is 2.23. The zero-order valence-corrected chi connectivity index (χ0v) is 17.8. The molecule has 4 heterocycles. The molecule has 0 unspecified atom stereocenters. The molecule has 1 aromatic carbocycles. The normalized spacial score (nSPS) is 14.2. The van der Waals surface area contributed by atoms with Gasteiger partial charge in [0.05, 0.1) is 27.8 Å². The number of H-pyrrole nitrogens is 1. The van der Waals surface area contributed by atoms with E-state index >= 15 is 0 Å². The van der Waals surface area contributed by atoms with E-state index in [1.165, 1.54) is 6.26 Å². The summed E-state index contributed by atoms with van der Waals surface area (Å²) in [6.45, 7) is 3.42. The molecule has 152 valence electrons. The van der Waals surface area contributed by atoms with Crippen LogP contribution in [0.2, 0.25) is 5.02 Å². The van der Waals surface area contributed by atoms with Gasteiger partial charge in [-0.25, -0.2) is 4.98 Å². The van der Waals surface area contributed by atoms with Crippen LogP contribution in [0.3, 0.4) is 0 Å². The number of nitrogens with zero attached hydrogens (tertiary/aromatic N) is 2. The summed E-state index contributed by atoms with van der Waals surface area (Å²) in [6.07, 6.45) is 2.16. The Balaban J connectivity index is 1.43. The van der Waals surface area contributed by atoms with Gasteiger partial charge in [-0.05, 0) is 36.1 Å². The van der Waals surface area contributed by atoms with Crippen molar-refractivity contribution in [2.75, 3.05) is 6.54 Å². The Labute approximate surface area is 180 Å². The average Bonchev–Trinajstić information content (AvgIpc) is 3.27. The molecule has 0 saturated heterocycles. The first-order chi connectivity index (χ1) is 14.5. The molecule has 0 radical (unpaired) electrons. The van der Waals surface area contributed by atoms with E-state index in [1.807, 2.05) is 24.4 Å². The predicted octanol–water partition coefficient (Wildman–Crippen LogP) is 4.12. The first kappa shape index (κ1) is 19.2. The number of rotatable bonds is 3. The van der Waals surface area contributed by atoms with Crippen LogP contribution >= 0.6 is 22.9 Å². The van der Waals surface area contributed by atoms with Crippen molar-refractivity contribution in [1.29, 1.82) is 0 Å². The molecular formula is C22H18ClN3O3S. The van der Waals surface area contributed by atoms with Gasteiger partial charge in [0.25, 0.3) is 5.56 Å². The first-order valence-electron chi connectivity index (χ1n) is 9.58. The number of fused-ring (bicyclic) bond motifs is 2. The zero-order chi connectivity index (χ0) is 20.8. The Morgan fingerprint density at radius 1 is 1.33 bits per heavy atom. The molecule has 4 aromatic rings. The van der Waals surface area contributed by atoms with Gasteiger partial charge in [0.15, 0.2) is 11.3 Å². The number of aromatic nitrogens is 2. The third kappa shape index (κ3) is 3.39. The van der Waals surface area contributed by atoms with Gasteiger partial charge in [0.1, 0.15) is 5.58 Å². The Morgan fingerprint density at radius 3 is 3.00 bits per heavy atom. The van der Waals surface area contributed by atoms with E-state index in [1.54, 1.807) is 23.5 Å². The van der Waals surface area contributed by atoms with Crippen LogP contribution in [0.25, 0.3) is 21.7 Å². The van der Waals surface area contributed by atoms with Crippen molar-refractivity contribution >= 4 is 33.9 Å². The van der Waals surface area contributed by atoms with Gasteiger partial charge < -0.3 is 9.40 Å². The summed E-state index contributed by atoms with van der Waals surface area (Å²) >= 11 is 7.74. The van der Waals surface area contributed by atoms with E-state index in [0.29, 0.717) is 59.0 Å². The van der Waals surface area contributed by atoms with E-state index in [9.17, 15) is 9.59 Å². The number of halogens is 1. The first-order valence-corrected chi connectivity index (χ1v) is 10.8. The fraction of sp³-hybridized carbons (Fsp3) is 0.227. The fourth-order valence-corrected chi connectivity index (χ4v) is 4.62. The van der Waals surface area contributed by atoms with Gasteiger partial charge in [-0.3, -0.25) is 14.5 Å². The summed E-state index contributed by atoms with van der Waals surface area (Å²) in [5.41, 5.74) is 3.20. The molecule has 1 aliphatic rings. The molecule has 0 amide bonds. The number of aromatic amines is 1. The number of hydrogen-bond acceptors (Lipinski definition) is 6. The molecule has 0 bridgehead atoms. The lowest BCUT2D eigenvalue weighted by molar-refractivity contribution is 0.239. The van der Waals surface area contributed by atoms with Crippen molar-refractivity contribution in [3.63, 3.8) is 0 Å². The number of thiophene rings is 1. The number of nitrogens with one attached hydrogen (secondary N) is 1. The second-order valence-electron chi connectivity index (χ2n) is 7.47. The monoisotopic (exact) mass is 439 g/mol. The second kappa shape index (κ2) is 7.50. The summed E-state index contributed by atoms with van der Waals surface area (Å²) in [4.78, 5) is 36.2. The number of benzene rings is 1. The second-order valence-corrected chi connectivity index (χ2v) is 8.82. The van der Waals surface area contributed by atoms with Gasteiger partial charge >= 0.3 is 0 Å². The lowest BCUT2D eigenvalue weighted by atomic mass is 10.1. The predicted molar refractivity (Wildman–Crippen MR) is 118 cm³/mol. The SMILES string of the molecule is Cc1cc2occ(CN3CCc4nc(-c5cccs5)[nH]c(=O)c4C3)c(=O)c2cc1Cl. The van der Waals surface area contributed by atoms with E-state index in [4.69, 9.17) is 16.0 Å². The maximum Gasteiger partial charge on any atom is 0.255 e. The number of hydrogen-bond donors (Lipinski definition) is 1. The van der Waals surface area contributed by atoms with Crippen molar-refractivity contribution in [3.05, 3.63) is 83.9 Å². The highest BCUT2D eigenvalue weighted by molar-refractivity contribution is 7.13. The number of aryl methyl sites for hydroxylation is 1. The van der Waals surface area contributed by atoms with Gasteiger partial charge in [-0.2, -0.15) is 0 Å². The molecule has 0 fully saturated rings. The molecule has 8 heteroatoms. The molecule has 0 saturated carbocycles. The average molecular weight is 440 g/mol. The van der Waals surface area contributed by atoms with Crippen LogP contribution in [0.15, 0.2) is 49.9 Å².